The summed E-state index contributed by atoms with van der Waals surface area (Å²) in [6, 6.07) is 24.7. The van der Waals surface area contributed by atoms with Gasteiger partial charge in [-0.05, 0) is 97.5 Å². The maximum absolute atomic E-state index is 14.2. The molecule has 1 aliphatic heterocycles. The third-order valence-corrected chi connectivity index (χ3v) is 9.11. The van der Waals surface area contributed by atoms with Crippen molar-refractivity contribution in [3.63, 3.8) is 0 Å². The van der Waals surface area contributed by atoms with E-state index in [2.05, 4.69) is 41.0 Å². The van der Waals surface area contributed by atoms with Crippen LogP contribution in [0.2, 0.25) is 0 Å². The van der Waals surface area contributed by atoms with Crippen molar-refractivity contribution in [2.24, 2.45) is 4.99 Å². The van der Waals surface area contributed by atoms with Gasteiger partial charge in [-0.3, -0.25) is 9.36 Å². The number of benzene rings is 3. The number of hydrogen-bond acceptors (Lipinski definition) is 4. The lowest BCUT2D eigenvalue weighted by Gasteiger charge is -2.31. The Labute approximate surface area is 240 Å². The summed E-state index contributed by atoms with van der Waals surface area (Å²) in [6.45, 7) is 4.04. The summed E-state index contributed by atoms with van der Waals surface area (Å²) in [6.07, 6.45) is 3.71. The van der Waals surface area contributed by atoms with Gasteiger partial charge in [-0.15, -0.1) is 0 Å². The minimum atomic E-state index is -0.270. The Hall–Kier alpha value is -4.49. The van der Waals surface area contributed by atoms with Crippen LogP contribution >= 0.6 is 11.3 Å². The number of methoxy groups -OCH3 is 1. The highest BCUT2D eigenvalue weighted by Gasteiger charge is 2.32. The average Bonchev–Trinajstić information content (AvgIpc) is 3.45. The number of ether oxygens (including phenoxy) is 1. The molecule has 7 heteroatoms. The van der Waals surface area contributed by atoms with Gasteiger partial charge in [0.15, 0.2) is 4.80 Å². The van der Waals surface area contributed by atoms with Gasteiger partial charge in [-0.25, -0.2) is 9.38 Å². The van der Waals surface area contributed by atoms with E-state index in [0.717, 1.165) is 63.6 Å². The molecule has 5 nitrogen and oxygen atoms in total. The number of nitrogens with zero attached hydrogens (tertiary/aromatic N) is 3. The van der Waals surface area contributed by atoms with E-state index in [1.807, 2.05) is 42.7 Å². The predicted octanol–water partition coefficient (Wildman–Crippen LogP) is 5.87. The number of hydrogen-bond donors (Lipinski definition) is 0. The summed E-state index contributed by atoms with van der Waals surface area (Å²) in [4.78, 5) is 20.0. The van der Waals surface area contributed by atoms with Crippen LogP contribution in [0.1, 0.15) is 46.1 Å². The maximum Gasteiger partial charge on any atom is 0.271 e. The highest BCUT2D eigenvalue weighted by molar-refractivity contribution is 7.07. The van der Waals surface area contributed by atoms with E-state index in [-0.39, 0.29) is 17.4 Å². The molecule has 0 spiro atoms. The van der Waals surface area contributed by atoms with Crippen molar-refractivity contribution in [1.82, 2.24) is 9.13 Å². The van der Waals surface area contributed by atoms with Gasteiger partial charge in [-0.1, -0.05) is 47.7 Å². The van der Waals surface area contributed by atoms with E-state index in [1.54, 1.807) is 19.2 Å². The van der Waals surface area contributed by atoms with Gasteiger partial charge >= 0.3 is 0 Å². The molecule has 0 radical (unpaired) electrons. The molecule has 2 aliphatic rings. The summed E-state index contributed by atoms with van der Waals surface area (Å²) in [5.41, 5.74) is 9.33. The number of halogens is 1. The van der Waals surface area contributed by atoms with Crippen molar-refractivity contribution in [3.05, 3.63) is 144 Å². The summed E-state index contributed by atoms with van der Waals surface area (Å²) in [7, 11) is 1.66. The lowest BCUT2D eigenvalue weighted by Crippen LogP contribution is -2.38. The van der Waals surface area contributed by atoms with E-state index in [9.17, 15) is 9.18 Å². The fraction of sp³-hybridized carbons (Fsp3) is 0.176. The fourth-order valence-electron chi connectivity index (χ4n) is 6.20. The molecule has 0 N–H and O–H groups in total. The first-order chi connectivity index (χ1) is 19.9. The monoisotopic (exact) mass is 561 g/mol. The zero-order chi connectivity index (χ0) is 28.2. The Morgan fingerprint density at radius 1 is 1.00 bits per heavy atom. The largest absolute Gasteiger partial charge is 0.497 e. The minimum absolute atomic E-state index is 0.0569. The zero-order valence-electron chi connectivity index (χ0n) is 23.0. The van der Waals surface area contributed by atoms with Crippen LogP contribution in [0, 0.1) is 19.7 Å². The van der Waals surface area contributed by atoms with Gasteiger partial charge in [0.1, 0.15) is 11.6 Å². The van der Waals surface area contributed by atoms with Crippen LogP contribution in [0.3, 0.4) is 0 Å². The quantitative estimate of drug-likeness (QED) is 0.276. The summed E-state index contributed by atoms with van der Waals surface area (Å²) in [5, 5.41) is 0. The van der Waals surface area contributed by atoms with E-state index < -0.39 is 0 Å². The number of rotatable bonds is 4. The highest BCUT2D eigenvalue weighted by atomic mass is 32.1. The highest BCUT2D eigenvalue weighted by Crippen LogP contribution is 2.41. The van der Waals surface area contributed by atoms with Gasteiger partial charge in [-0.2, -0.15) is 0 Å². The van der Waals surface area contributed by atoms with Crippen LogP contribution in [0.4, 0.5) is 4.39 Å². The Bertz CT molecular complexity index is 2050. The van der Waals surface area contributed by atoms with Crippen LogP contribution in [0.5, 0.6) is 5.75 Å². The molecule has 3 aromatic carbocycles. The summed E-state index contributed by atoms with van der Waals surface area (Å²) < 4.78 is 23.7. The SMILES string of the molecule is COc1cccc([C@@H]2C3=C(N=c4s/c(=C/c5cc(C)n(-c6ccc(F)cc6)c5C)c(=O)n42)c2ccccc2CC3)c1. The van der Waals surface area contributed by atoms with Gasteiger partial charge < -0.3 is 9.30 Å². The molecule has 41 heavy (non-hydrogen) atoms. The van der Waals surface area contributed by atoms with Crippen LogP contribution in [-0.2, 0) is 6.42 Å². The second-order valence-electron chi connectivity index (χ2n) is 10.5. The predicted molar refractivity (Wildman–Crippen MR) is 161 cm³/mol. The molecular formula is C34H28FN3O2S. The van der Waals surface area contributed by atoms with E-state index >= 15 is 0 Å². The molecule has 1 aliphatic carbocycles. The molecule has 0 amide bonds. The Morgan fingerprint density at radius 3 is 2.61 bits per heavy atom. The average molecular weight is 562 g/mol. The zero-order valence-corrected chi connectivity index (χ0v) is 23.8. The van der Waals surface area contributed by atoms with E-state index in [1.165, 1.54) is 29.0 Å². The molecule has 5 aromatic rings. The van der Waals surface area contributed by atoms with Crippen molar-refractivity contribution in [2.75, 3.05) is 7.11 Å². The maximum atomic E-state index is 14.2. The van der Waals surface area contributed by atoms with Crippen molar-refractivity contribution >= 4 is 23.1 Å². The van der Waals surface area contributed by atoms with E-state index in [0.29, 0.717) is 9.33 Å². The molecule has 0 saturated carbocycles. The van der Waals surface area contributed by atoms with Gasteiger partial charge in [0.2, 0.25) is 0 Å². The number of aromatic nitrogens is 2. The summed E-state index contributed by atoms with van der Waals surface area (Å²) >= 11 is 1.42. The number of aryl methyl sites for hydroxylation is 2. The Balaban J connectivity index is 1.44. The molecule has 7 rings (SSSR count). The number of thiazole rings is 1. The fourth-order valence-corrected chi connectivity index (χ4v) is 7.19. The second kappa shape index (κ2) is 9.85. The van der Waals surface area contributed by atoms with Crippen molar-refractivity contribution in [2.45, 2.75) is 32.7 Å². The molecule has 0 unspecified atom stereocenters. The molecule has 0 saturated heterocycles. The molecule has 3 heterocycles. The first-order valence-electron chi connectivity index (χ1n) is 13.6. The Morgan fingerprint density at radius 2 is 1.80 bits per heavy atom. The lowest BCUT2D eigenvalue weighted by molar-refractivity contribution is 0.413. The third-order valence-electron chi connectivity index (χ3n) is 8.12. The van der Waals surface area contributed by atoms with E-state index in [4.69, 9.17) is 9.73 Å². The van der Waals surface area contributed by atoms with Gasteiger partial charge in [0, 0.05) is 22.6 Å². The molecule has 2 aromatic heterocycles. The standard InChI is InChI=1S/C34H28FN3O2S/c1-20-17-24(21(2)37(20)26-14-12-25(35)13-15-26)19-30-33(39)38-32(23-8-6-9-27(18-23)40-3)29-16-11-22-7-4-5-10-28(22)31(29)36-34(38)41-30/h4-10,12-15,17-19,32H,11,16H2,1-3H3/b30-19+/t32-/m1/s1. The first-order valence-corrected chi connectivity index (χ1v) is 14.5. The van der Waals surface area contributed by atoms with Crippen molar-refractivity contribution in [3.8, 4) is 11.4 Å². The topological polar surface area (TPSA) is 48.5 Å². The normalized spacial score (nSPS) is 16.2. The molecular weight excluding hydrogens is 533 g/mol. The van der Waals surface area contributed by atoms with Gasteiger partial charge in [0.25, 0.3) is 5.56 Å². The van der Waals surface area contributed by atoms with Crippen LogP contribution < -0.4 is 19.6 Å². The van der Waals surface area contributed by atoms with Crippen LogP contribution in [0.15, 0.2) is 94.2 Å². The lowest BCUT2D eigenvalue weighted by atomic mass is 9.83. The Kier molecular flexibility index (Phi) is 6.12. The van der Waals surface area contributed by atoms with Crippen LogP contribution in [-0.4, -0.2) is 16.2 Å². The van der Waals surface area contributed by atoms with Crippen molar-refractivity contribution < 1.29 is 9.13 Å². The summed E-state index contributed by atoms with van der Waals surface area (Å²) in [5.74, 6) is 0.488. The number of fused-ring (bicyclic) bond motifs is 3. The minimum Gasteiger partial charge on any atom is -0.497 e. The first kappa shape index (κ1) is 25.5. The smallest absolute Gasteiger partial charge is 0.271 e. The molecule has 0 fully saturated rings. The molecule has 1 atom stereocenters. The second-order valence-corrected chi connectivity index (χ2v) is 11.5. The third kappa shape index (κ3) is 4.19. The van der Waals surface area contributed by atoms with Gasteiger partial charge in [0.05, 0.1) is 23.4 Å². The molecule has 0 bridgehead atoms. The molecule has 204 valence electrons. The number of allylic oxidation sites excluding steroid dienone is 1. The van der Waals surface area contributed by atoms with Crippen LogP contribution in [0.25, 0.3) is 17.5 Å². The van der Waals surface area contributed by atoms with Crippen molar-refractivity contribution in [1.29, 1.82) is 0 Å².